The van der Waals surface area contributed by atoms with E-state index < -0.39 is 23.7 Å². The number of nitrogens with one attached hydrogen (secondary N) is 3. The van der Waals surface area contributed by atoms with Crippen molar-refractivity contribution in [1.82, 2.24) is 9.97 Å². The van der Waals surface area contributed by atoms with Crippen LogP contribution in [0.15, 0.2) is 48.1 Å². The molecule has 0 saturated heterocycles. The van der Waals surface area contributed by atoms with Crippen LogP contribution in [-0.2, 0) is 6.18 Å². The molecule has 2 aromatic carbocycles. The van der Waals surface area contributed by atoms with Crippen LogP contribution in [-0.4, -0.2) is 21.9 Å². The number of benzene rings is 2. The number of thiophene rings is 1. The van der Waals surface area contributed by atoms with Gasteiger partial charge in [-0.15, -0.1) is 11.3 Å². The molecule has 0 saturated carbocycles. The van der Waals surface area contributed by atoms with Gasteiger partial charge in [-0.05, 0) is 49.2 Å². The molecule has 0 radical (unpaired) electrons. The first-order valence-corrected chi connectivity index (χ1v) is 11.1. The number of nitrogens with zero attached hydrogens (tertiary/aromatic N) is 2. The highest BCUT2D eigenvalue weighted by molar-refractivity contribution is 7.18. The molecule has 35 heavy (non-hydrogen) atoms. The summed E-state index contributed by atoms with van der Waals surface area (Å²) in [5.41, 5.74) is 7.29. The number of nitrogens with two attached hydrogens (primary N) is 1. The summed E-state index contributed by atoms with van der Waals surface area (Å²) in [6.45, 7) is 3.12. The summed E-state index contributed by atoms with van der Waals surface area (Å²) >= 11 is 1.25. The van der Waals surface area contributed by atoms with E-state index in [2.05, 4.69) is 25.9 Å². The Hall–Kier alpha value is -4.19. The molecule has 180 valence electrons. The standard InChI is InChI=1S/C23H19F3N6O2S/c1-11-3-5-13(7-16(11)23(24,25)26)30-22(34)31-14-6-4-12(2)17(8-14)32-21(33)15-9-35-19-18(15)28-10-29-20(19)27/h3-10H,1-2H3,(H,32,33)(H2,27,28,29)(H2,30,31,34). The van der Waals surface area contributed by atoms with Crippen LogP contribution in [0.5, 0.6) is 0 Å². The van der Waals surface area contributed by atoms with Gasteiger partial charge < -0.3 is 21.7 Å². The van der Waals surface area contributed by atoms with E-state index in [0.29, 0.717) is 27.2 Å². The van der Waals surface area contributed by atoms with Gasteiger partial charge in [0.25, 0.3) is 5.91 Å². The number of aromatic nitrogens is 2. The highest BCUT2D eigenvalue weighted by Gasteiger charge is 2.32. The fourth-order valence-electron chi connectivity index (χ4n) is 3.35. The zero-order chi connectivity index (χ0) is 25.3. The number of carbonyl (C=O) groups excluding carboxylic acids is 2. The number of aryl methyl sites for hydroxylation is 2. The highest BCUT2D eigenvalue weighted by atomic mass is 32.1. The van der Waals surface area contributed by atoms with E-state index in [1.807, 2.05) is 0 Å². The fourth-order valence-corrected chi connectivity index (χ4v) is 4.25. The van der Waals surface area contributed by atoms with Crippen molar-refractivity contribution in [2.24, 2.45) is 0 Å². The summed E-state index contributed by atoms with van der Waals surface area (Å²) < 4.78 is 40.0. The van der Waals surface area contributed by atoms with Gasteiger partial charge in [-0.25, -0.2) is 14.8 Å². The molecule has 0 aliphatic rings. The predicted octanol–water partition coefficient (Wildman–Crippen LogP) is 5.81. The van der Waals surface area contributed by atoms with E-state index in [1.54, 1.807) is 30.5 Å². The summed E-state index contributed by atoms with van der Waals surface area (Å²) in [6, 6.07) is 7.63. The third-order valence-electron chi connectivity index (χ3n) is 5.17. The first-order valence-electron chi connectivity index (χ1n) is 10.2. The number of hydrogen-bond acceptors (Lipinski definition) is 6. The molecule has 0 fully saturated rings. The number of halogens is 3. The average Bonchev–Trinajstić information content (AvgIpc) is 3.22. The molecular weight excluding hydrogens is 481 g/mol. The van der Waals surface area contributed by atoms with Crippen LogP contribution in [0.4, 0.5) is 40.8 Å². The molecule has 0 atom stereocenters. The van der Waals surface area contributed by atoms with E-state index in [4.69, 9.17) is 5.73 Å². The van der Waals surface area contributed by atoms with Crippen molar-refractivity contribution in [2.75, 3.05) is 21.7 Å². The van der Waals surface area contributed by atoms with Gasteiger partial charge in [-0.3, -0.25) is 4.79 Å². The first-order chi connectivity index (χ1) is 16.5. The van der Waals surface area contributed by atoms with E-state index in [-0.39, 0.29) is 17.1 Å². The molecular formula is C23H19F3N6O2S. The molecule has 0 unspecified atom stereocenters. The lowest BCUT2D eigenvalue weighted by atomic mass is 10.1. The Balaban J connectivity index is 1.49. The Morgan fingerprint density at radius 3 is 2.29 bits per heavy atom. The van der Waals surface area contributed by atoms with Gasteiger partial charge in [0.2, 0.25) is 0 Å². The molecule has 0 aliphatic heterocycles. The minimum absolute atomic E-state index is 0.00772. The number of rotatable bonds is 4. The van der Waals surface area contributed by atoms with Crippen molar-refractivity contribution in [3.05, 3.63) is 70.4 Å². The van der Waals surface area contributed by atoms with E-state index in [1.165, 1.54) is 36.7 Å². The van der Waals surface area contributed by atoms with E-state index in [9.17, 15) is 22.8 Å². The molecule has 12 heteroatoms. The molecule has 8 nitrogen and oxygen atoms in total. The zero-order valence-electron chi connectivity index (χ0n) is 18.4. The van der Waals surface area contributed by atoms with Gasteiger partial charge in [0.1, 0.15) is 12.1 Å². The smallest absolute Gasteiger partial charge is 0.382 e. The lowest BCUT2D eigenvalue weighted by molar-refractivity contribution is -0.138. The Morgan fingerprint density at radius 2 is 1.60 bits per heavy atom. The summed E-state index contributed by atoms with van der Waals surface area (Å²) in [5, 5.41) is 9.37. The lowest BCUT2D eigenvalue weighted by Gasteiger charge is -2.14. The van der Waals surface area contributed by atoms with Gasteiger partial charge in [0, 0.05) is 22.4 Å². The summed E-state index contributed by atoms with van der Waals surface area (Å²) in [4.78, 5) is 33.3. The number of urea groups is 1. The maximum atomic E-state index is 13.1. The summed E-state index contributed by atoms with van der Waals surface area (Å²) in [6.07, 6.45) is -3.25. The predicted molar refractivity (Wildman–Crippen MR) is 130 cm³/mol. The van der Waals surface area contributed by atoms with Crippen LogP contribution in [0.1, 0.15) is 27.0 Å². The van der Waals surface area contributed by atoms with E-state index >= 15 is 0 Å². The van der Waals surface area contributed by atoms with Crippen LogP contribution in [0.2, 0.25) is 0 Å². The minimum atomic E-state index is -4.53. The highest BCUT2D eigenvalue weighted by Crippen LogP contribution is 2.33. The second kappa shape index (κ2) is 9.22. The topological polar surface area (TPSA) is 122 Å². The van der Waals surface area contributed by atoms with Crippen molar-refractivity contribution in [1.29, 1.82) is 0 Å². The molecule has 2 aromatic heterocycles. The number of hydrogen-bond donors (Lipinski definition) is 4. The van der Waals surface area contributed by atoms with Gasteiger partial charge in [-0.2, -0.15) is 13.2 Å². The second-order valence-electron chi connectivity index (χ2n) is 7.68. The van der Waals surface area contributed by atoms with Crippen LogP contribution < -0.4 is 21.7 Å². The van der Waals surface area contributed by atoms with Gasteiger partial charge in [0.05, 0.1) is 21.3 Å². The number of fused-ring (bicyclic) bond motifs is 1. The monoisotopic (exact) mass is 500 g/mol. The normalized spacial score (nSPS) is 11.3. The number of alkyl halides is 3. The van der Waals surface area contributed by atoms with Crippen molar-refractivity contribution in [3.8, 4) is 0 Å². The number of nitrogen functional groups attached to an aromatic ring is 1. The fraction of sp³-hybridized carbons (Fsp3) is 0.130. The third-order valence-corrected chi connectivity index (χ3v) is 6.16. The molecule has 4 rings (SSSR count). The second-order valence-corrected chi connectivity index (χ2v) is 8.56. The van der Waals surface area contributed by atoms with Crippen molar-refractivity contribution >= 4 is 56.4 Å². The summed E-state index contributed by atoms with van der Waals surface area (Å²) in [7, 11) is 0. The molecule has 3 amide bonds. The van der Waals surface area contributed by atoms with Gasteiger partial charge >= 0.3 is 12.2 Å². The van der Waals surface area contributed by atoms with Crippen LogP contribution in [0.25, 0.3) is 10.2 Å². The molecule has 0 aliphatic carbocycles. The SMILES string of the molecule is Cc1ccc(NC(=O)Nc2ccc(C)c(C(F)(F)F)c2)cc1NC(=O)c1csc2c(N)ncnc12. The number of amides is 3. The van der Waals surface area contributed by atoms with Crippen molar-refractivity contribution in [2.45, 2.75) is 20.0 Å². The van der Waals surface area contributed by atoms with Crippen LogP contribution in [0.3, 0.4) is 0 Å². The summed E-state index contributed by atoms with van der Waals surface area (Å²) in [5.74, 6) is -0.137. The van der Waals surface area contributed by atoms with Crippen LogP contribution in [0, 0.1) is 13.8 Å². The Labute approximate surface area is 201 Å². The minimum Gasteiger partial charge on any atom is -0.382 e. The molecule has 2 heterocycles. The van der Waals surface area contributed by atoms with Gasteiger partial charge in [0.15, 0.2) is 0 Å². The molecule has 5 N–H and O–H groups in total. The van der Waals surface area contributed by atoms with E-state index in [0.717, 1.165) is 11.6 Å². The lowest BCUT2D eigenvalue weighted by Crippen LogP contribution is -2.20. The molecule has 4 aromatic rings. The van der Waals surface area contributed by atoms with Gasteiger partial charge in [-0.1, -0.05) is 12.1 Å². The molecule has 0 spiro atoms. The maximum absolute atomic E-state index is 13.1. The maximum Gasteiger partial charge on any atom is 0.416 e. The first kappa shape index (κ1) is 24.0. The Kier molecular flexibility index (Phi) is 6.31. The molecule has 0 bridgehead atoms. The Bertz CT molecular complexity index is 1450. The Morgan fingerprint density at radius 1 is 0.943 bits per heavy atom. The van der Waals surface area contributed by atoms with Crippen LogP contribution >= 0.6 is 11.3 Å². The average molecular weight is 501 g/mol. The number of carbonyl (C=O) groups is 2. The third kappa shape index (κ3) is 5.17. The van der Waals surface area contributed by atoms with Crippen molar-refractivity contribution in [3.63, 3.8) is 0 Å². The number of anilines is 4. The quantitative estimate of drug-likeness (QED) is 0.282. The van der Waals surface area contributed by atoms with Crippen molar-refractivity contribution < 1.29 is 22.8 Å². The zero-order valence-corrected chi connectivity index (χ0v) is 19.3. The largest absolute Gasteiger partial charge is 0.416 e.